The quantitative estimate of drug-likeness (QED) is 0.830. The van der Waals surface area contributed by atoms with Gasteiger partial charge in [0, 0.05) is 31.1 Å². The molecule has 4 rings (SSSR count). The zero-order chi connectivity index (χ0) is 15.8. The van der Waals surface area contributed by atoms with Gasteiger partial charge < -0.3 is 15.5 Å². The van der Waals surface area contributed by atoms with Crippen molar-refractivity contribution >= 4 is 23.2 Å². The molecule has 1 heterocycles. The van der Waals surface area contributed by atoms with Crippen molar-refractivity contribution < 1.29 is 4.79 Å². The third-order valence-electron chi connectivity index (χ3n) is 5.00. The maximum Gasteiger partial charge on any atom is 0.225 e. The van der Waals surface area contributed by atoms with Gasteiger partial charge in [0.2, 0.25) is 5.91 Å². The van der Waals surface area contributed by atoms with E-state index in [9.17, 15) is 4.79 Å². The maximum absolute atomic E-state index is 12.7. The summed E-state index contributed by atoms with van der Waals surface area (Å²) in [7, 11) is 0. The summed E-state index contributed by atoms with van der Waals surface area (Å²) in [5.41, 5.74) is 1.24. The monoisotopic (exact) mass is 329 g/mol. The smallest absolute Gasteiger partial charge is 0.225 e. The predicted octanol–water partition coefficient (Wildman–Crippen LogP) is 2.02. The first-order valence-electron chi connectivity index (χ1n) is 8.61. The van der Waals surface area contributed by atoms with E-state index in [0.717, 1.165) is 31.0 Å². The highest BCUT2D eigenvalue weighted by Crippen LogP contribution is 2.34. The molecule has 2 N–H and O–H groups in total. The third-order valence-corrected chi connectivity index (χ3v) is 5.38. The Morgan fingerprint density at radius 3 is 2.30 bits per heavy atom. The number of amides is 1. The highest BCUT2D eigenvalue weighted by atomic mass is 32.1. The molecule has 2 aliphatic carbocycles. The van der Waals surface area contributed by atoms with E-state index < -0.39 is 0 Å². The van der Waals surface area contributed by atoms with E-state index in [4.69, 9.17) is 12.2 Å². The second-order valence-corrected chi connectivity index (χ2v) is 7.42. The molecule has 5 heteroatoms. The molecule has 4 nitrogen and oxygen atoms in total. The van der Waals surface area contributed by atoms with Gasteiger partial charge in [-0.05, 0) is 43.5 Å². The Labute approximate surface area is 142 Å². The number of nitrogens with one attached hydrogen (secondary N) is 2. The first-order chi connectivity index (χ1) is 11.2. The highest BCUT2D eigenvalue weighted by Gasteiger charge is 2.41. The van der Waals surface area contributed by atoms with Crippen LogP contribution in [-0.4, -0.2) is 41.1 Å². The van der Waals surface area contributed by atoms with Gasteiger partial charge in [-0.15, -0.1) is 0 Å². The molecule has 0 spiro atoms. The Hall–Kier alpha value is -1.62. The van der Waals surface area contributed by atoms with E-state index in [-0.39, 0.29) is 17.7 Å². The van der Waals surface area contributed by atoms with Crippen LogP contribution in [0.2, 0.25) is 0 Å². The van der Waals surface area contributed by atoms with Gasteiger partial charge >= 0.3 is 0 Å². The Bertz CT molecular complexity index is 598. The molecule has 2 saturated carbocycles. The van der Waals surface area contributed by atoms with Gasteiger partial charge in [0.15, 0.2) is 5.11 Å². The Kier molecular flexibility index (Phi) is 3.97. The van der Waals surface area contributed by atoms with Gasteiger partial charge in [-0.25, -0.2) is 0 Å². The average molecular weight is 329 g/mol. The number of carbonyl (C=O) groups excluding carboxylic acids is 1. The van der Waals surface area contributed by atoms with Crippen molar-refractivity contribution in [2.75, 3.05) is 13.1 Å². The summed E-state index contributed by atoms with van der Waals surface area (Å²) in [6, 6.07) is 11.3. The fourth-order valence-electron chi connectivity index (χ4n) is 3.30. The number of nitrogens with zero attached hydrogens (tertiary/aromatic N) is 1. The van der Waals surface area contributed by atoms with Crippen molar-refractivity contribution in [1.82, 2.24) is 15.5 Å². The van der Waals surface area contributed by atoms with Crippen LogP contribution in [0.3, 0.4) is 0 Å². The summed E-state index contributed by atoms with van der Waals surface area (Å²) < 4.78 is 0. The van der Waals surface area contributed by atoms with E-state index in [1.54, 1.807) is 0 Å². The van der Waals surface area contributed by atoms with Crippen molar-refractivity contribution in [3.05, 3.63) is 35.9 Å². The molecule has 122 valence electrons. The third kappa shape index (κ3) is 3.50. The summed E-state index contributed by atoms with van der Waals surface area (Å²) in [6.07, 6.45) is 4.67. The van der Waals surface area contributed by atoms with Gasteiger partial charge in [0.05, 0.1) is 5.92 Å². The van der Waals surface area contributed by atoms with E-state index in [2.05, 4.69) is 39.8 Å². The lowest BCUT2D eigenvalue weighted by Crippen LogP contribution is -2.41. The highest BCUT2D eigenvalue weighted by molar-refractivity contribution is 7.80. The molecule has 0 bridgehead atoms. The SMILES string of the molecule is O=C(NC1CC1)C1CN(C(=S)NC2CC2)CC1c1ccccc1. The van der Waals surface area contributed by atoms with Crippen LogP contribution in [-0.2, 0) is 4.79 Å². The van der Waals surface area contributed by atoms with Gasteiger partial charge in [-0.3, -0.25) is 4.79 Å². The number of benzene rings is 1. The zero-order valence-corrected chi connectivity index (χ0v) is 14.0. The Balaban J connectivity index is 1.50. The predicted molar refractivity (Wildman–Crippen MR) is 94.2 cm³/mol. The standard InChI is InChI=1S/C18H23N3OS/c22-17(19-13-6-7-13)16-11-21(18(23)20-14-8-9-14)10-15(16)12-4-2-1-3-5-12/h1-5,13-16H,6-11H2,(H,19,22)(H,20,23). The molecule has 1 amide bonds. The molecule has 1 aromatic carbocycles. The lowest BCUT2D eigenvalue weighted by molar-refractivity contribution is -0.125. The molecule has 1 saturated heterocycles. The second-order valence-electron chi connectivity index (χ2n) is 7.04. The topological polar surface area (TPSA) is 44.4 Å². The number of rotatable bonds is 4. The van der Waals surface area contributed by atoms with Crippen LogP contribution in [0, 0.1) is 5.92 Å². The van der Waals surface area contributed by atoms with Crippen LogP contribution < -0.4 is 10.6 Å². The Morgan fingerprint density at radius 2 is 1.65 bits per heavy atom. The molecular weight excluding hydrogens is 306 g/mol. The minimum atomic E-state index is -0.0167. The molecule has 3 aliphatic rings. The number of likely N-dealkylation sites (tertiary alicyclic amines) is 1. The largest absolute Gasteiger partial charge is 0.360 e. The molecule has 1 aliphatic heterocycles. The summed E-state index contributed by atoms with van der Waals surface area (Å²) in [4.78, 5) is 14.9. The Morgan fingerprint density at radius 1 is 1.00 bits per heavy atom. The summed E-state index contributed by atoms with van der Waals surface area (Å²) in [5, 5.41) is 7.40. The number of thiocarbonyl (C=S) groups is 1. The van der Waals surface area contributed by atoms with Crippen molar-refractivity contribution in [1.29, 1.82) is 0 Å². The molecule has 2 atom stereocenters. The van der Waals surface area contributed by atoms with Crippen LogP contribution >= 0.6 is 12.2 Å². The van der Waals surface area contributed by atoms with Crippen LogP contribution in [0.4, 0.5) is 0 Å². The lowest BCUT2D eigenvalue weighted by Gasteiger charge is -2.20. The summed E-state index contributed by atoms with van der Waals surface area (Å²) in [6.45, 7) is 1.54. The first-order valence-corrected chi connectivity index (χ1v) is 9.02. The summed E-state index contributed by atoms with van der Waals surface area (Å²) in [5.74, 6) is 0.393. The normalized spacial score (nSPS) is 26.9. The van der Waals surface area contributed by atoms with Crippen LogP contribution in [0.1, 0.15) is 37.2 Å². The average Bonchev–Trinajstić information content (AvgIpc) is 3.49. The molecule has 2 unspecified atom stereocenters. The fourth-order valence-corrected chi connectivity index (χ4v) is 3.62. The van der Waals surface area contributed by atoms with Gasteiger partial charge in [0.25, 0.3) is 0 Å². The molecular formula is C18H23N3OS. The zero-order valence-electron chi connectivity index (χ0n) is 13.2. The lowest BCUT2D eigenvalue weighted by atomic mass is 9.88. The molecule has 1 aromatic rings. The van der Waals surface area contributed by atoms with Gasteiger partial charge in [0.1, 0.15) is 0 Å². The number of hydrogen-bond acceptors (Lipinski definition) is 2. The maximum atomic E-state index is 12.7. The first kappa shape index (κ1) is 14.9. The van der Waals surface area contributed by atoms with E-state index in [1.807, 2.05) is 6.07 Å². The molecule has 23 heavy (non-hydrogen) atoms. The van der Waals surface area contributed by atoms with Crippen molar-refractivity contribution in [3.63, 3.8) is 0 Å². The second kappa shape index (κ2) is 6.11. The summed E-state index contributed by atoms with van der Waals surface area (Å²) >= 11 is 5.56. The van der Waals surface area contributed by atoms with Crippen molar-refractivity contribution in [2.45, 2.75) is 43.7 Å². The van der Waals surface area contributed by atoms with Crippen LogP contribution in [0.15, 0.2) is 30.3 Å². The number of hydrogen-bond donors (Lipinski definition) is 2. The van der Waals surface area contributed by atoms with Crippen LogP contribution in [0.5, 0.6) is 0 Å². The van der Waals surface area contributed by atoms with E-state index >= 15 is 0 Å². The van der Waals surface area contributed by atoms with Crippen molar-refractivity contribution in [2.24, 2.45) is 5.92 Å². The molecule has 3 fully saturated rings. The van der Waals surface area contributed by atoms with E-state index in [1.165, 1.54) is 18.4 Å². The van der Waals surface area contributed by atoms with E-state index in [0.29, 0.717) is 12.1 Å². The van der Waals surface area contributed by atoms with Gasteiger partial charge in [-0.1, -0.05) is 30.3 Å². The minimum Gasteiger partial charge on any atom is -0.360 e. The molecule has 0 radical (unpaired) electrons. The van der Waals surface area contributed by atoms with Crippen LogP contribution in [0.25, 0.3) is 0 Å². The molecule has 0 aromatic heterocycles. The minimum absolute atomic E-state index is 0.0167. The number of carbonyl (C=O) groups is 1. The van der Waals surface area contributed by atoms with Crippen molar-refractivity contribution in [3.8, 4) is 0 Å². The van der Waals surface area contributed by atoms with Gasteiger partial charge in [-0.2, -0.15) is 0 Å². The fraction of sp³-hybridized carbons (Fsp3) is 0.556.